The van der Waals surface area contributed by atoms with E-state index < -0.39 is 0 Å². The van der Waals surface area contributed by atoms with Gasteiger partial charge in [-0.1, -0.05) is 0 Å². The standard InChI is InChI=1S/C5H4N4S/c10-5-6-1-3-4(9-5)8-2-7-3/h1-2,4H,(H,9,10). The Kier molecular flexibility index (Phi) is 1.10. The third-order valence-corrected chi connectivity index (χ3v) is 1.50. The Hall–Kier alpha value is -1.10. The number of aliphatic imine (C=N–C) groups is 3. The molecular formula is C5H4N4S. The third kappa shape index (κ3) is 0.750. The Morgan fingerprint density at radius 1 is 1.60 bits per heavy atom. The summed E-state index contributed by atoms with van der Waals surface area (Å²) in [6.07, 6.45) is 3.06. The Morgan fingerprint density at radius 2 is 2.50 bits per heavy atom. The number of thiocarbonyl (C=S) groups is 1. The number of rotatable bonds is 0. The molecular weight excluding hydrogens is 148 g/mol. The average molecular weight is 152 g/mol. The van der Waals surface area contributed by atoms with E-state index in [2.05, 4.69) is 20.3 Å². The third-order valence-electron chi connectivity index (χ3n) is 1.28. The molecule has 2 rings (SSSR count). The molecule has 4 nitrogen and oxygen atoms in total. The quantitative estimate of drug-likeness (QED) is 0.487. The highest BCUT2D eigenvalue weighted by atomic mass is 32.1. The molecule has 2 heterocycles. The van der Waals surface area contributed by atoms with Gasteiger partial charge < -0.3 is 5.32 Å². The molecule has 0 spiro atoms. The fourth-order valence-corrected chi connectivity index (χ4v) is 0.972. The normalized spacial score (nSPS) is 27.8. The smallest absolute Gasteiger partial charge is 0.194 e. The van der Waals surface area contributed by atoms with Crippen LogP contribution in [0.5, 0.6) is 0 Å². The van der Waals surface area contributed by atoms with E-state index in [1.54, 1.807) is 6.21 Å². The topological polar surface area (TPSA) is 49.1 Å². The van der Waals surface area contributed by atoms with Crippen LogP contribution in [0.25, 0.3) is 0 Å². The Labute approximate surface area is 62.8 Å². The van der Waals surface area contributed by atoms with Gasteiger partial charge in [0, 0.05) is 0 Å². The molecule has 1 unspecified atom stereocenters. The highest BCUT2D eigenvalue weighted by Gasteiger charge is 2.20. The second-order valence-corrected chi connectivity index (χ2v) is 2.32. The lowest BCUT2D eigenvalue weighted by molar-refractivity contribution is 0.830. The minimum absolute atomic E-state index is 0.0787. The van der Waals surface area contributed by atoms with E-state index in [1.165, 1.54) is 6.34 Å². The first-order valence-corrected chi connectivity index (χ1v) is 3.21. The molecule has 0 aromatic heterocycles. The van der Waals surface area contributed by atoms with Crippen molar-refractivity contribution in [1.82, 2.24) is 5.32 Å². The van der Waals surface area contributed by atoms with Crippen LogP contribution in [-0.4, -0.2) is 29.5 Å². The second kappa shape index (κ2) is 1.95. The van der Waals surface area contributed by atoms with Crippen LogP contribution < -0.4 is 5.32 Å². The fraction of sp³-hybridized carbons (Fsp3) is 0.200. The molecule has 0 amide bonds. The van der Waals surface area contributed by atoms with Gasteiger partial charge in [0.25, 0.3) is 0 Å². The van der Waals surface area contributed by atoms with E-state index in [0.29, 0.717) is 5.11 Å². The largest absolute Gasteiger partial charge is 0.334 e. The van der Waals surface area contributed by atoms with Crippen molar-refractivity contribution in [3.63, 3.8) is 0 Å². The predicted molar refractivity (Wildman–Crippen MR) is 43.9 cm³/mol. The van der Waals surface area contributed by atoms with Crippen LogP contribution in [0.4, 0.5) is 0 Å². The first kappa shape index (κ1) is 5.67. The van der Waals surface area contributed by atoms with Crippen molar-refractivity contribution in [1.29, 1.82) is 0 Å². The van der Waals surface area contributed by atoms with Crippen LogP contribution in [0.2, 0.25) is 0 Å². The van der Waals surface area contributed by atoms with Crippen molar-refractivity contribution < 1.29 is 0 Å². The molecule has 0 fully saturated rings. The molecule has 0 aromatic carbocycles. The highest BCUT2D eigenvalue weighted by Crippen LogP contribution is 2.01. The van der Waals surface area contributed by atoms with E-state index >= 15 is 0 Å². The van der Waals surface area contributed by atoms with Gasteiger partial charge in [-0.2, -0.15) is 0 Å². The van der Waals surface area contributed by atoms with E-state index in [0.717, 1.165) is 5.71 Å². The molecule has 50 valence electrons. The van der Waals surface area contributed by atoms with Crippen molar-refractivity contribution in [2.75, 3.05) is 0 Å². The number of hydrogen-bond donors (Lipinski definition) is 1. The highest BCUT2D eigenvalue weighted by molar-refractivity contribution is 7.80. The molecule has 2 aliphatic heterocycles. The molecule has 0 aromatic rings. The summed E-state index contributed by atoms with van der Waals surface area (Å²) in [5.41, 5.74) is 0.827. The van der Waals surface area contributed by atoms with Crippen LogP contribution in [0.1, 0.15) is 0 Å². The molecule has 0 bridgehead atoms. The lowest BCUT2D eigenvalue weighted by Gasteiger charge is -2.13. The fourth-order valence-electron chi connectivity index (χ4n) is 0.808. The van der Waals surface area contributed by atoms with Gasteiger partial charge in [0.1, 0.15) is 12.1 Å². The van der Waals surface area contributed by atoms with Crippen LogP contribution in [0.3, 0.4) is 0 Å². The maximum Gasteiger partial charge on any atom is 0.194 e. The minimum atomic E-state index is -0.0787. The summed E-state index contributed by atoms with van der Waals surface area (Å²) < 4.78 is 0. The zero-order valence-corrected chi connectivity index (χ0v) is 5.80. The molecule has 0 radical (unpaired) electrons. The SMILES string of the molecule is S=C1N=CC2=NC=NC2N1. The van der Waals surface area contributed by atoms with Gasteiger partial charge in [-0.05, 0) is 12.2 Å². The predicted octanol–water partition coefficient (Wildman–Crippen LogP) is -0.246. The van der Waals surface area contributed by atoms with Gasteiger partial charge in [-0.15, -0.1) is 0 Å². The van der Waals surface area contributed by atoms with Crippen LogP contribution in [0, 0.1) is 0 Å². The summed E-state index contributed by atoms with van der Waals surface area (Å²) in [5.74, 6) is 0. The van der Waals surface area contributed by atoms with E-state index in [1.807, 2.05) is 0 Å². The second-order valence-electron chi connectivity index (χ2n) is 1.93. The summed E-state index contributed by atoms with van der Waals surface area (Å²) >= 11 is 4.79. The van der Waals surface area contributed by atoms with Gasteiger partial charge in [0.15, 0.2) is 11.3 Å². The maximum atomic E-state index is 4.79. The van der Waals surface area contributed by atoms with Crippen molar-refractivity contribution in [3.05, 3.63) is 0 Å². The first-order valence-electron chi connectivity index (χ1n) is 2.80. The Bertz CT molecular complexity index is 265. The molecule has 1 atom stereocenters. The van der Waals surface area contributed by atoms with Crippen molar-refractivity contribution in [2.24, 2.45) is 15.0 Å². The van der Waals surface area contributed by atoms with Crippen LogP contribution >= 0.6 is 12.2 Å². The zero-order valence-electron chi connectivity index (χ0n) is 4.98. The monoisotopic (exact) mass is 152 g/mol. The number of nitrogens with one attached hydrogen (secondary N) is 1. The van der Waals surface area contributed by atoms with Crippen molar-refractivity contribution in [3.8, 4) is 0 Å². The Morgan fingerprint density at radius 3 is 3.40 bits per heavy atom. The van der Waals surface area contributed by atoms with Crippen LogP contribution in [0.15, 0.2) is 15.0 Å². The first-order chi connectivity index (χ1) is 4.86. The average Bonchev–Trinajstić information content (AvgIpc) is 2.33. The summed E-state index contributed by atoms with van der Waals surface area (Å²) in [4.78, 5) is 11.8. The number of fused-ring (bicyclic) bond motifs is 1. The summed E-state index contributed by atoms with van der Waals surface area (Å²) in [6.45, 7) is 0. The number of hydrogen-bond acceptors (Lipinski definition) is 3. The van der Waals surface area contributed by atoms with Crippen molar-refractivity contribution >= 4 is 35.6 Å². The van der Waals surface area contributed by atoms with Gasteiger partial charge in [-0.3, -0.25) is 0 Å². The molecule has 2 aliphatic rings. The minimum Gasteiger partial charge on any atom is -0.334 e. The summed E-state index contributed by atoms with van der Waals surface area (Å²) in [6, 6.07) is 0. The number of nitrogens with zero attached hydrogens (tertiary/aromatic N) is 3. The molecule has 0 saturated heterocycles. The molecule has 10 heavy (non-hydrogen) atoms. The van der Waals surface area contributed by atoms with E-state index in [9.17, 15) is 0 Å². The Balaban J connectivity index is 2.35. The van der Waals surface area contributed by atoms with E-state index in [4.69, 9.17) is 12.2 Å². The summed E-state index contributed by atoms with van der Waals surface area (Å²) in [7, 11) is 0. The molecule has 5 heteroatoms. The molecule has 1 N–H and O–H groups in total. The van der Waals surface area contributed by atoms with Gasteiger partial charge in [-0.25, -0.2) is 15.0 Å². The van der Waals surface area contributed by atoms with Gasteiger partial charge >= 0.3 is 0 Å². The van der Waals surface area contributed by atoms with Crippen molar-refractivity contribution in [2.45, 2.75) is 6.17 Å². The summed E-state index contributed by atoms with van der Waals surface area (Å²) in [5, 5.41) is 3.36. The van der Waals surface area contributed by atoms with Gasteiger partial charge in [0.2, 0.25) is 0 Å². The lowest BCUT2D eigenvalue weighted by atomic mass is 10.3. The lowest BCUT2D eigenvalue weighted by Crippen LogP contribution is -2.40. The molecule has 0 saturated carbocycles. The molecule has 0 aliphatic carbocycles. The maximum absolute atomic E-state index is 4.79. The van der Waals surface area contributed by atoms with E-state index in [-0.39, 0.29) is 6.17 Å². The zero-order chi connectivity index (χ0) is 6.97. The van der Waals surface area contributed by atoms with Gasteiger partial charge in [0.05, 0.1) is 6.21 Å². The van der Waals surface area contributed by atoms with Crippen LogP contribution in [-0.2, 0) is 0 Å².